The highest BCUT2D eigenvalue weighted by Crippen LogP contribution is 2.75. The molecule has 7 unspecified atom stereocenters. The van der Waals surface area contributed by atoms with E-state index in [0.717, 1.165) is 48.5 Å². The maximum absolute atomic E-state index is 12.9. The summed E-state index contributed by atoms with van der Waals surface area (Å²) in [6, 6.07) is 10.0. The van der Waals surface area contributed by atoms with E-state index < -0.39 is 5.60 Å². The fourth-order valence-electron chi connectivity index (χ4n) is 13.1. The minimum atomic E-state index is -0.660. The standard InChI is InChI=1S/C43H63NO3/c1-29-33(31-14-16-32(17-15-31)38(45)47-27-30-11-8-7-9-12-30)20-23-40(4)34(29)21-24-42(6)37(40)19-18-35-36-13-10-22-43(36,26-25-41(35,42)5)44-28-39(2,3)46/h7-9,11-12,14,20,29,32,34-37,44,46H,10,13,15-19,21-28H2,1-6H3/t29?,32?,34?,35?,36-,37?,40+,41-,42?,43?/m1/s1. The third-order valence-corrected chi connectivity index (χ3v) is 15.8. The Bertz CT molecular complexity index is 1390. The van der Waals surface area contributed by atoms with Crippen LogP contribution in [0.1, 0.15) is 131 Å². The highest BCUT2D eigenvalue weighted by Gasteiger charge is 2.68. The van der Waals surface area contributed by atoms with Crippen molar-refractivity contribution >= 4 is 5.97 Å². The van der Waals surface area contributed by atoms with Gasteiger partial charge in [0.25, 0.3) is 0 Å². The summed E-state index contributed by atoms with van der Waals surface area (Å²) in [6.07, 6.45) is 21.0. The Morgan fingerprint density at radius 2 is 1.70 bits per heavy atom. The average Bonchev–Trinajstić information content (AvgIpc) is 3.48. The van der Waals surface area contributed by atoms with Crippen molar-refractivity contribution in [3.63, 3.8) is 0 Å². The summed E-state index contributed by atoms with van der Waals surface area (Å²) in [6.45, 7) is 15.7. The molecule has 4 nitrogen and oxygen atoms in total. The van der Waals surface area contributed by atoms with Gasteiger partial charge in [0, 0.05) is 12.1 Å². The van der Waals surface area contributed by atoms with Crippen molar-refractivity contribution < 1.29 is 14.6 Å². The van der Waals surface area contributed by atoms with Gasteiger partial charge in [0.1, 0.15) is 6.61 Å². The summed E-state index contributed by atoms with van der Waals surface area (Å²) < 4.78 is 5.72. The predicted molar refractivity (Wildman–Crippen MR) is 190 cm³/mol. The summed E-state index contributed by atoms with van der Waals surface area (Å²) in [5.74, 6) is 3.58. The lowest BCUT2D eigenvalue weighted by molar-refractivity contribution is -0.213. The van der Waals surface area contributed by atoms with Crippen LogP contribution in [0.3, 0.4) is 0 Å². The van der Waals surface area contributed by atoms with Crippen LogP contribution in [-0.4, -0.2) is 28.8 Å². The number of benzene rings is 1. The number of β-amino-alcohol motifs (C(OH)–C–C–N with tert-alkyl or cyclic N) is 1. The lowest BCUT2D eigenvalue weighted by Crippen LogP contribution is -2.67. The molecule has 4 fully saturated rings. The maximum Gasteiger partial charge on any atom is 0.309 e. The molecular formula is C43H63NO3. The Morgan fingerprint density at radius 1 is 0.915 bits per heavy atom. The van der Waals surface area contributed by atoms with Crippen LogP contribution in [0.15, 0.2) is 53.6 Å². The fourth-order valence-corrected chi connectivity index (χ4v) is 13.1. The van der Waals surface area contributed by atoms with Gasteiger partial charge in [0.05, 0.1) is 11.5 Å². The molecule has 6 aliphatic rings. The minimum absolute atomic E-state index is 0.0158. The van der Waals surface area contributed by atoms with Crippen LogP contribution in [0.5, 0.6) is 0 Å². The van der Waals surface area contributed by atoms with Crippen LogP contribution < -0.4 is 5.32 Å². The Hall–Kier alpha value is -1.91. The summed E-state index contributed by atoms with van der Waals surface area (Å²) in [4.78, 5) is 12.9. The van der Waals surface area contributed by atoms with E-state index in [1.165, 1.54) is 69.8 Å². The Balaban J connectivity index is 1.05. The number of hydrogen-bond acceptors (Lipinski definition) is 4. The second-order valence-electron chi connectivity index (χ2n) is 18.5. The summed E-state index contributed by atoms with van der Waals surface area (Å²) in [5.41, 5.74) is 4.86. The van der Waals surface area contributed by atoms with Gasteiger partial charge in [-0.2, -0.15) is 0 Å². The van der Waals surface area contributed by atoms with Gasteiger partial charge in [-0.3, -0.25) is 4.79 Å². The monoisotopic (exact) mass is 641 g/mol. The van der Waals surface area contributed by atoms with Crippen molar-refractivity contribution in [2.45, 2.75) is 143 Å². The zero-order valence-electron chi connectivity index (χ0n) is 30.4. The fraction of sp³-hybridized carbons (Fsp3) is 0.744. The van der Waals surface area contributed by atoms with Crippen molar-refractivity contribution in [3.05, 3.63) is 59.2 Å². The third-order valence-electron chi connectivity index (χ3n) is 15.8. The molecule has 0 heterocycles. The predicted octanol–water partition coefficient (Wildman–Crippen LogP) is 9.57. The largest absolute Gasteiger partial charge is 0.461 e. The van der Waals surface area contributed by atoms with Crippen LogP contribution in [0.4, 0.5) is 0 Å². The molecule has 0 aromatic heterocycles. The maximum atomic E-state index is 12.9. The molecule has 258 valence electrons. The lowest BCUT2D eigenvalue weighted by atomic mass is 9.34. The molecule has 2 N–H and O–H groups in total. The van der Waals surface area contributed by atoms with Crippen molar-refractivity contribution in [1.82, 2.24) is 5.32 Å². The first kappa shape index (κ1) is 33.6. The molecule has 10 atom stereocenters. The molecule has 1 aromatic rings. The van der Waals surface area contributed by atoms with E-state index in [1.54, 1.807) is 5.57 Å². The molecule has 0 spiro atoms. The van der Waals surface area contributed by atoms with Crippen molar-refractivity contribution in [2.75, 3.05) is 6.54 Å². The number of carbonyl (C=O) groups excluding carboxylic acids is 1. The molecule has 4 saturated carbocycles. The highest BCUT2D eigenvalue weighted by molar-refractivity contribution is 5.73. The van der Waals surface area contributed by atoms with E-state index in [1.807, 2.05) is 44.2 Å². The zero-order chi connectivity index (χ0) is 33.2. The molecule has 0 bridgehead atoms. The second-order valence-corrected chi connectivity index (χ2v) is 18.5. The van der Waals surface area contributed by atoms with Crippen molar-refractivity contribution in [3.8, 4) is 0 Å². The zero-order valence-corrected chi connectivity index (χ0v) is 30.4. The summed E-state index contributed by atoms with van der Waals surface area (Å²) >= 11 is 0. The van der Waals surface area contributed by atoms with Crippen LogP contribution in [0.25, 0.3) is 0 Å². The normalized spacial score (nSPS) is 43.0. The van der Waals surface area contributed by atoms with E-state index in [4.69, 9.17) is 4.74 Å². The number of hydrogen-bond donors (Lipinski definition) is 2. The van der Waals surface area contributed by atoms with Crippen LogP contribution in [0, 0.1) is 51.8 Å². The lowest BCUT2D eigenvalue weighted by Gasteiger charge is -2.71. The quantitative estimate of drug-likeness (QED) is 0.291. The number of carbonyl (C=O) groups is 1. The van der Waals surface area contributed by atoms with E-state index in [2.05, 4.69) is 45.2 Å². The number of fused-ring (bicyclic) bond motifs is 7. The molecule has 6 aliphatic carbocycles. The smallest absolute Gasteiger partial charge is 0.309 e. The van der Waals surface area contributed by atoms with Gasteiger partial charge in [0.2, 0.25) is 0 Å². The molecule has 1 aromatic carbocycles. The highest BCUT2D eigenvalue weighted by atomic mass is 16.5. The molecule has 0 aliphatic heterocycles. The number of nitrogens with one attached hydrogen (secondary N) is 1. The first-order valence-corrected chi connectivity index (χ1v) is 19.4. The van der Waals surface area contributed by atoms with Crippen LogP contribution in [-0.2, 0) is 16.1 Å². The third kappa shape index (κ3) is 5.60. The Kier molecular flexibility index (Phi) is 8.68. The number of allylic oxidation sites excluding steroid dienone is 4. The Morgan fingerprint density at radius 3 is 2.43 bits per heavy atom. The first-order valence-electron chi connectivity index (χ1n) is 19.4. The molecule has 0 saturated heterocycles. The molecule has 0 radical (unpaired) electrons. The van der Waals surface area contributed by atoms with E-state index in [-0.39, 0.29) is 17.4 Å². The molecule has 4 heteroatoms. The second kappa shape index (κ2) is 12.1. The van der Waals surface area contributed by atoms with Gasteiger partial charge < -0.3 is 15.2 Å². The van der Waals surface area contributed by atoms with E-state index in [9.17, 15) is 9.90 Å². The van der Waals surface area contributed by atoms with Gasteiger partial charge in [-0.25, -0.2) is 0 Å². The minimum Gasteiger partial charge on any atom is -0.461 e. The topological polar surface area (TPSA) is 58.6 Å². The van der Waals surface area contributed by atoms with Gasteiger partial charge in [-0.1, -0.05) is 76.6 Å². The van der Waals surface area contributed by atoms with Crippen molar-refractivity contribution in [1.29, 1.82) is 0 Å². The number of aliphatic hydroxyl groups is 1. The van der Waals surface area contributed by atoms with Gasteiger partial charge in [0.15, 0.2) is 0 Å². The van der Waals surface area contributed by atoms with Gasteiger partial charge in [-0.05, 0) is 153 Å². The molecular weight excluding hydrogens is 578 g/mol. The SMILES string of the molecule is CC1C(C2=CCC(C(=O)OCc3ccccc3)CC2)=CC[C@@]2(C)C1CCC1(C)C2CCC2[C@H]3CCCC3(NCC(C)(C)O)CC[C@]21C. The molecule has 0 amide bonds. The summed E-state index contributed by atoms with van der Waals surface area (Å²) in [7, 11) is 0. The van der Waals surface area contributed by atoms with Gasteiger partial charge >= 0.3 is 5.97 Å². The Labute approximate surface area is 285 Å². The average molecular weight is 642 g/mol. The molecule has 7 rings (SSSR count). The van der Waals surface area contributed by atoms with Crippen LogP contribution in [0.2, 0.25) is 0 Å². The number of esters is 1. The number of ether oxygens (including phenoxy) is 1. The van der Waals surface area contributed by atoms with E-state index >= 15 is 0 Å². The van der Waals surface area contributed by atoms with Crippen LogP contribution >= 0.6 is 0 Å². The summed E-state index contributed by atoms with van der Waals surface area (Å²) in [5, 5.41) is 14.6. The number of rotatable bonds is 7. The van der Waals surface area contributed by atoms with Crippen molar-refractivity contribution in [2.24, 2.45) is 51.8 Å². The first-order chi connectivity index (χ1) is 22.3. The molecule has 47 heavy (non-hydrogen) atoms. The van der Waals surface area contributed by atoms with Gasteiger partial charge in [-0.15, -0.1) is 0 Å². The van der Waals surface area contributed by atoms with E-state index in [0.29, 0.717) is 35.3 Å².